The van der Waals surface area contributed by atoms with E-state index in [0.717, 1.165) is 11.1 Å². The molecule has 0 rings (SSSR count). The van der Waals surface area contributed by atoms with E-state index in [4.69, 9.17) is 5.11 Å². The summed E-state index contributed by atoms with van der Waals surface area (Å²) in [5.41, 5.74) is 1.62. The molecule has 3 heteroatoms. The van der Waals surface area contributed by atoms with Gasteiger partial charge in [-0.3, -0.25) is 4.79 Å². The van der Waals surface area contributed by atoms with Gasteiger partial charge in [0.1, 0.15) is 0 Å². The lowest BCUT2D eigenvalue weighted by molar-refractivity contribution is -0.143. The molecule has 14 heavy (non-hydrogen) atoms. The van der Waals surface area contributed by atoms with E-state index in [1.165, 1.54) is 7.11 Å². The van der Waals surface area contributed by atoms with Gasteiger partial charge in [-0.15, -0.1) is 0 Å². The Kier molecular flexibility index (Phi) is 5.88. The summed E-state index contributed by atoms with van der Waals surface area (Å²) in [7, 11) is 1.36. The molecule has 0 radical (unpaired) electrons. The monoisotopic (exact) mass is 198 g/mol. The molecule has 80 valence electrons. The van der Waals surface area contributed by atoms with Crippen molar-refractivity contribution in [2.24, 2.45) is 5.92 Å². The molecule has 0 saturated heterocycles. The van der Waals surface area contributed by atoms with Gasteiger partial charge in [0.2, 0.25) is 0 Å². The Morgan fingerprint density at radius 2 is 2.14 bits per heavy atom. The average Bonchev–Trinajstić information content (AvgIpc) is 2.16. The van der Waals surface area contributed by atoms with E-state index in [0.29, 0.717) is 6.42 Å². The van der Waals surface area contributed by atoms with Crippen molar-refractivity contribution >= 4 is 5.97 Å². The lowest BCUT2D eigenvalue weighted by Crippen LogP contribution is -2.16. The average molecular weight is 198 g/mol. The van der Waals surface area contributed by atoms with Crippen LogP contribution in [0.5, 0.6) is 0 Å². The zero-order valence-electron chi connectivity index (χ0n) is 9.04. The Labute approximate surface area is 85.1 Å². The molecule has 0 saturated carbocycles. The third kappa shape index (κ3) is 4.23. The van der Waals surface area contributed by atoms with Crippen LogP contribution < -0.4 is 0 Å². The van der Waals surface area contributed by atoms with Crippen LogP contribution in [0.1, 0.15) is 20.3 Å². The summed E-state index contributed by atoms with van der Waals surface area (Å²) in [5, 5.41) is 8.78. The van der Waals surface area contributed by atoms with Gasteiger partial charge < -0.3 is 9.84 Å². The number of carbonyl (C=O) groups excluding carboxylic acids is 1. The molecule has 0 spiro atoms. The fourth-order valence-electron chi connectivity index (χ4n) is 1.02. The number of hydrogen-bond donors (Lipinski definition) is 1. The molecule has 0 aromatic carbocycles. The smallest absolute Gasteiger partial charge is 0.313 e. The van der Waals surface area contributed by atoms with Crippen LogP contribution in [-0.4, -0.2) is 24.8 Å². The Morgan fingerprint density at radius 3 is 2.50 bits per heavy atom. The number of aliphatic hydroxyl groups excluding tert-OH is 1. The van der Waals surface area contributed by atoms with Crippen LogP contribution in [-0.2, 0) is 9.53 Å². The van der Waals surface area contributed by atoms with Crippen molar-refractivity contribution < 1.29 is 14.6 Å². The Morgan fingerprint density at radius 1 is 1.57 bits per heavy atom. The van der Waals surface area contributed by atoms with E-state index in [-0.39, 0.29) is 18.5 Å². The van der Waals surface area contributed by atoms with Crippen LogP contribution >= 0.6 is 0 Å². The van der Waals surface area contributed by atoms with E-state index in [2.05, 4.69) is 11.3 Å². The number of allylic oxidation sites excluding steroid dienone is 1. The van der Waals surface area contributed by atoms with Crippen molar-refractivity contribution in [1.29, 1.82) is 0 Å². The summed E-state index contributed by atoms with van der Waals surface area (Å²) in [6, 6.07) is 0. The summed E-state index contributed by atoms with van der Waals surface area (Å²) in [4.78, 5) is 11.3. The Balaban J connectivity index is 4.39. The molecule has 0 aliphatic heterocycles. The van der Waals surface area contributed by atoms with E-state index >= 15 is 0 Å². The second kappa shape index (κ2) is 6.38. The first-order chi connectivity index (χ1) is 6.52. The number of hydrogen-bond acceptors (Lipinski definition) is 3. The van der Waals surface area contributed by atoms with Crippen LogP contribution in [0.15, 0.2) is 23.8 Å². The number of aliphatic hydroxyl groups is 1. The Hall–Kier alpha value is -1.09. The molecular weight excluding hydrogens is 180 g/mol. The number of ether oxygens (including phenoxy) is 1. The first-order valence-corrected chi connectivity index (χ1v) is 4.52. The van der Waals surface area contributed by atoms with Crippen LogP contribution in [0.3, 0.4) is 0 Å². The molecule has 0 bridgehead atoms. The second-order valence-corrected chi connectivity index (χ2v) is 3.37. The molecule has 1 unspecified atom stereocenters. The molecule has 1 atom stereocenters. The highest BCUT2D eigenvalue weighted by Crippen LogP contribution is 2.16. The summed E-state index contributed by atoms with van der Waals surface area (Å²) >= 11 is 0. The molecular formula is C11H18O3. The number of esters is 1. The largest absolute Gasteiger partial charge is 0.469 e. The van der Waals surface area contributed by atoms with Crippen LogP contribution in [0.25, 0.3) is 0 Å². The molecule has 3 nitrogen and oxygen atoms in total. The third-order valence-electron chi connectivity index (χ3n) is 2.03. The van der Waals surface area contributed by atoms with Crippen LogP contribution in [0.4, 0.5) is 0 Å². The number of rotatable bonds is 5. The van der Waals surface area contributed by atoms with Crippen molar-refractivity contribution in [3.63, 3.8) is 0 Å². The van der Waals surface area contributed by atoms with Gasteiger partial charge in [-0.05, 0) is 20.3 Å². The van der Waals surface area contributed by atoms with Crippen LogP contribution in [0.2, 0.25) is 0 Å². The molecule has 0 fully saturated rings. The van der Waals surface area contributed by atoms with Gasteiger partial charge in [0.15, 0.2) is 0 Å². The van der Waals surface area contributed by atoms with E-state index in [1.807, 2.05) is 13.0 Å². The predicted molar refractivity (Wildman–Crippen MR) is 55.8 cm³/mol. The first-order valence-electron chi connectivity index (χ1n) is 4.52. The quantitative estimate of drug-likeness (QED) is 0.540. The highest BCUT2D eigenvalue weighted by Gasteiger charge is 2.18. The summed E-state index contributed by atoms with van der Waals surface area (Å²) < 4.78 is 4.65. The molecule has 1 N–H and O–H groups in total. The number of carbonyl (C=O) groups is 1. The van der Waals surface area contributed by atoms with Crippen molar-refractivity contribution in [2.45, 2.75) is 20.3 Å². The van der Waals surface area contributed by atoms with Crippen LogP contribution in [0, 0.1) is 5.92 Å². The second-order valence-electron chi connectivity index (χ2n) is 3.37. The zero-order valence-corrected chi connectivity index (χ0v) is 9.04. The maximum Gasteiger partial charge on any atom is 0.313 e. The third-order valence-corrected chi connectivity index (χ3v) is 2.03. The van der Waals surface area contributed by atoms with Gasteiger partial charge in [-0.25, -0.2) is 0 Å². The topological polar surface area (TPSA) is 46.5 Å². The van der Waals surface area contributed by atoms with Gasteiger partial charge in [-0.2, -0.15) is 0 Å². The van der Waals surface area contributed by atoms with E-state index in [9.17, 15) is 4.79 Å². The van der Waals surface area contributed by atoms with Gasteiger partial charge >= 0.3 is 5.97 Å². The van der Waals surface area contributed by atoms with Crippen molar-refractivity contribution in [2.75, 3.05) is 13.7 Å². The summed E-state index contributed by atoms with van der Waals surface area (Å²) in [6.45, 7) is 7.36. The van der Waals surface area contributed by atoms with Crippen molar-refractivity contribution in [3.8, 4) is 0 Å². The lowest BCUT2D eigenvalue weighted by Gasteiger charge is -2.12. The number of methoxy groups -OCH3 is 1. The fourth-order valence-corrected chi connectivity index (χ4v) is 1.02. The minimum absolute atomic E-state index is 0.0179. The van der Waals surface area contributed by atoms with Gasteiger partial charge in [-0.1, -0.05) is 23.8 Å². The summed E-state index contributed by atoms with van der Waals surface area (Å²) in [6.07, 6.45) is 2.37. The highest BCUT2D eigenvalue weighted by atomic mass is 16.5. The minimum atomic E-state index is -0.304. The molecule has 0 aromatic heterocycles. The lowest BCUT2D eigenvalue weighted by atomic mass is 9.97. The van der Waals surface area contributed by atoms with Crippen molar-refractivity contribution in [1.82, 2.24) is 0 Å². The van der Waals surface area contributed by atoms with Gasteiger partial charge in [0.05, 0.1) is 19.6 Å². The highest BCUT2D eigenvalue weighted by molar-refractivity contribution is 5.75. The standard InChI is InChI=1S/C11H18O3/c1-8(2)10(11(13)14-4)6-5-9(3)7-12/h5,10,12H,1,6-7H2,2-4H3/b9-5+. The predicted octanol–water partition coefficient (Wildman–Crippen LogP) is 1.68. The molecule has 0 amide bonds. The molecule has 0 heterocycles. The van der Waals surface area contributed by atoms with Crippen molar-refractivity contribution in [3.05, 3.63) is 23.8 Å². The maximum atomic E-state index is 11.3. The Bertz CT molecular complexity index is 241. The van der Waals surface area contributed by atoms with Gasteiger partial charge in [0.25, 0.3) is 0 Å². The molecule has 0 aromatic rings. The summed E-state index contributed by atoms with van der Waals surface area (Å²) in [5.74, 6) is -0.582. The van der Waals surface area contributed by atoms with E-state index in [1.54, 1.807) is 6.92 Å². The SMILES string of the molecule is C=C(C)C(C/C=C(\C)CO)C(=O)OC. The maximum absolute atomic E-state index is 11.3. The zero-order chi connectivity index (χ0) is 11.1. The van der Waals surface area contributed by atoms with Gasteiger partial charge in [0, 0.05) is 0 Å². The molecule has 0 aliphatic carbocycles. The minimum Gasteiger partial charge on any atom is -0.469 e. The fraction of sp³-hybridized carbons (Fsp3) is 0.545. The molecule has 0 aliphatic rings. The normalized spacial score (nSPS) is 13.6. The first kappa shape index (κ1) is 12.9. The van der Waals surface area contributed by atoms with E-state index < -0.39 is 0 Å².